The van der Waals surface area contributed by atoms with Crippen molar-refractivity contribution < 1.29 is 14.4 Å². The van der Waals surface area contributed by atoms with Crippen molar-refractivity contribution in [3.63, 3.8) is 0 Å². The van der Waals surface area contributed by atoms with Gasteiger partial charge in [-0.25, -0.2) is 0 Å². The van der Waals surface area contributed by atoms with Crippen molar-refractivity contribution in [3.8, 4) is 0 Å². The molecular weight excluding hydrogens is 474 g/mol. The van der Waals surface area contributed by atoms with Crippen LogP contribution in [0, 0.1) is 0 Å². The molecule has 184 valence electrons. The molecule has 2 aromatic heterocycles. The molecule has 36 heavy (non-hydrogen) atoms. The number of carbonyl (C=O) groups is 3. The highest BCUT2D eigenvalue weighted by molar-refractivity contribution is 7.14. The van der Waals surface area contributed by atoms with E-state index in [4.69, 9.17) is 0 Å². The van der Waals surface area contributed by atoms with Gasteiger partial charge < -0.3 is 15.5 Å². The van der Waals surface area contributed by atoms with Crippen LogP contribution in [0.4, 0.5) is 0 Å². The zero-order valence-corrected chi connectivity index (χ0v) is 20.7. The normalized spacial score (nSPS) is 13.8. The SMILES string of the molecule is C[C@@H](NC(=O)c1ccc2[nH]ncc2c1)C(=O)N1CCc2sc(C(=O)NCCc3ccccc3)cc2C1. The Labute approximate surface area is 212 Å². The van der Waals surface area contributed by atoms with Crippen molar-refractivity contribution in [1.82, 2.24) is 25.7 Å². The number of carbonyl (C=O) groups excluding carboxylic acids is 3. The summed E-state index contributed by atoms with van der Waals surface area (Å²) in [4.78, 5) is 42.0. The van der Waals surface area contributed by atoms with E-state index in [2.05, 4.69) is 20.8 Å². The summed E-state index contributed by atoms with van der Waals surface area (Å²) < 4.78 is 0. The van der Waals surface area contributed by atoms with Crippen LogP contribution in [0.25, 0.3) is 10.9 Å². The molecule has 5 rings (SSSR count). The average molecular weight is 502 g/mol. The van der Waals surface area contributed by atoms with Crippen LogP contribution >= 0.6 is 11.3 Å². The van der Waals surface area contributed by atoms with Crippen LogP contribution in [-0.2, 0) is 24.2 Å². The number of fused-ring (bicyclic) bond motifs is 2. The summed E-state index contributed by atoms with van der Waals surface area (Å²) in [5.74, 6) is -0.529. The number of nitrogens with zero attached hydrogens (tertiary/aromatic N) is 2. The minimum Gasteiger partial charge on any atom is -0.351 e. The highest BCUT2D eigenvalue weighted by Gasteiger charge is 2.28. The van der Waals surface area contributed by atoms with E-state index in [9.17, 15) is 14.4 Å². The summed E-state index contributed by atoms with van der Waals surface area (Å²) in [6.07, 6.45) is 3.13. The predicted molar refractivity (Wildman–Crippen MR) is 139 cm³/mol. The number of nitrogens with one attached hydrogen (secondary N) is 3. The Morgan fingerprint density at radius 3 is 2.78 bits per heavy atom. The Balaban J connectivity index is 1.16. The van der Waals surface area contributed by atoms with Crippen LogP contribution in [-0.4, -0.2) is 52.0 Å². The third-order valence-electron chi connectivity index (χ3n) is 6.36. The standard InChI is InChI=1S/C27H27N5O3S/c1-17(30-25(33)19-7-8-22-20(13-19)15-29-31-22)27(35)32-12-10-23-21(16-32)14-24(36-23)26(34)28-11-9-18-5-3-2-4-6-18/h2-8,13-15,17H,9-12,16H2,1H3,(H,28,34)(H,29,31)(H,30,33)/t17-/m1/s1. The molecule has 0 radical (unpaired) electrons. The summed E-state index contributed by atoms with van der Waals surface area (Å²) in [5, 5.41) is 13.5. The van der Waals surface area contributed by atoms with Crippen molar-refractivity contribution in [1.29, 1.82) is 0 Å². The largest absolute Gasteiger partial charge is 0.351 e. The molecule has 1 aliphatic heterocycles. The van der Waals surface area contributed by atoms with E-state index >= 15 is 0 Å². The van der Waals surface area contributed by atoms with E-state index in [0.717, 1.165) is 27.8 Å². The van der Waals surface area contributed by atoms with Crippen LogP contribution in [0.3, 0.4) is 0 Å². The van der Waals surface area contributed by atoms with Crippen molar-refractivity contribution in [3.05, 3.63) is 87.2 Å². The van der Waals surface area contributed by atoms with E-state index in [1.807, 2.05) is 36.4 Å². The minimum atomic E-state index is -0.668. The van der Waals surface area contributed by atoms with Gasteiger partial charge in [-0.15, -0.1) is 11.3 Å². The Hall–Kier alpha value is -3.98. The number of hydrogen-bond donors (Lipinski definition) is 3. The summed E-state index contributed by atoms with van der Waals surface area (Å²) >= 11 is 1.49. The van der Waals surface area contributed by atoms with Crippen LogP contribution < -0.4 is 10.6 Å². The first kappa shape index (κ1) is 23.7. The first-order chi connectivity index (χ1) is 17.5. The highest BCUT2D eigenvalue weighted by atomic mass is 32.1. The second kappa shape index (κ2) is 10.3. The Morgan fingerprint density at radius 1 is 1.11 bits per heavy atom. The first-order valence-electron chi connectivity index (χ1n) is 11.9. The highest BCUT2D eigenvalue weighted by Crippen LogP contribution is 2.28. The van der Waals surface area contributed by atoms with Gasteiger partial charge in [0, 0.05) is 35.5 Å². The molecule has 2 aromatic carbocycles. The summed E-state index contributed by atoms with van der Waals surface area (Å²) in [6.45, 7) is 3.26. The monoisotopic (exact) mass is 501 g/mol. The molecule has 8 nitrogen and oxygen atoms in total. The van der Waals surface area contributed by atoms with Gasteiger partial charge in [0.2, 0.25) is 5.91 Å². The molecule has 0 saturated carbocycles. The lowest BCUT2D eigenvalue weighted by atomic mass is 10.1. The van der Waals surface area contributed by atoms with Gasteiger partial charge in [-0.1, -0.05) is 30.3 Å². The lowest BCUT2D eigenvalue weighted by Gasteiger charge is -2.29. The Morgan fingerprint density at radius 2 is 1.94 bits per heavy atom. The fourth-order valence-electron chi connectivity index (χ4n) is 4.38. The zero-order valence-electron chi connectivity index (χ0n) is 19.9. The van der Waals surface area contributed by atoms with E-state index in [1.54, 1.807) is 36.2 Å². The number of amides is 3. The molecule has 1 aliphatic rings. The molecule has 4 aromatic rings. The van der Waals surface area contributed by atoms with Crippen molar-refractivity contribution in [2.75, 3.05) is 13.1 Å². The van der Waals surface area contributed by atoms with Crippen LogP contribution in [0.5, 0.6) is 0 Å². The van der Waals surface area contributed by atoms with Gasteiger partial charge in [0.15, 0.2) is 0 Å². The number of thiophene rings is 1. The van der Waals surface area contributed by atoms with Crippen LogP contribution in [0.1, 0.15) is 43.0 Å². The molecule has 0 bridgehead atoms. The van der Waals surface area contributed by atoms with Gasteiger partial charge >= 0.3 is 0 Å². The maximum atomic E-state index is 13.1. The number of aromatic amines is 1. The number of rotatable bonds is 7. The smallest absolute Gasteiger partial charge is 0.261 e. The fraction of sp³-hybridized carbons (Fsp3) is 0.259. The topological polar surface area (TPSA) is 107 Å². The predicted octanol–water partition coefficient (Wildman–Crippen LogP) is 3.30. The van der Waals surface area contributed by atoms with Gasteiger partial charge in [-0.2, -0.15) is 5.10 Å². The second-order valence-electron chi connectivity index (χ2n) is 8.93. The molecule has 0 spiro atoms. The molecule has 3 amide bonds. The molecule has 3 heterocycles. The van der Waals surface area contributed by atoms with Crippen molar-refractivity contribution >= 4 is 40.0 Å². The molecule has 1 atom stereocenters. The van der Waals surface area contributed by atoms with Gasteiger partial charge in [-0.05, 0) is 55.2 Å². The van der Waals surface area contributed by atoms with Gasteiger partial charge in [-0.3, -0.25) is 19.5 Å². The fourth-order valence-corrected chi connectivity index (χ4v) is 5.46. The van der Waals surface area contributed by atoms with Crippen LogP contribution in [0.15, 0.2) is 60.8 Å². The van der Waals surface area contributed by atoms with E-state index < -0.39 is 6.04 Å². The summed E-state index contributed by atoms with van der Waals surface area (Å²) in [7, 11) is 0. The number of H-pyrrole nitrogens is 1. The van der Waals surface area contributed by atoms with E-state index in [-0.39, 0.29) is 17.7 Å². The first-order valence-corrected chi connectivity index (χ1v) is 12.8. The number of hydrogen-bond acceptors (Lipinski definition) is 5. The lowest BCUT2D eigenvalue weighted by Crippen LogP contribution is -2.48. The van der Waals surface area contributed by atoms with E-state index in [0.29, 0.717) is 36.5 Å². The van der Waals surface area contributed by atoms with Gasteiger partial charge in [0.1, 0.15) is 6.04 Å². The lowest BCUT2D eigenvalue weighted by molar-refractivity contribution is -0.133. The number of aromatic nitrogens is 2. The van der Waals surface area contributed by atoms with Crippen LogP contribution in [0.2, 0.25) is 0 Å². The van der Waals surface area contributed by atoms with Crippen molar-refractivity contribution in [2.45, 2.75) is 32.4 Å². The number of benzene rings is 2. The Kier molecular flexibility index (Phi) is 6.81. The third-order valence-corrected chi connectivity index (χ3v) is 7.60. The van der Waals surface area contributed by atoms with Gasteiger partial charge in [0.05, 0.1) is 16.6 Å². The molecular formula is C27H27N5O3S. The maximum Gasteiger partial charge on any atom is 0.261 e. The quantitative estimate of drug-likeness (QED) is 0.361. The third kappa shape index (κ3) is 5.16. The molecule has 9 heteroatoms. The van der Waals surface area contributed by atoms with Crippen molar-refractivity contribution in [2.24, 2.45) is 0 Å². The minimum absolute atomic E-state index is 0.0848. The van der Waals surface area contributed by atoms with E-state index in [1.165, 1.54) is 16.9 Å². The molecule has 0 aliphatic carbocycles. The molecule has 0 saturated heterocycles. The summed E-state index contributed by atoms with van der Waals surface area (Å²) in [6, 6.07) is 16.5. The molecule has 0 fully saturated rings. The molecule has 0 unspecified atom stereocenters. The maximum absolute atomic E-state index is 13.1. The summed E-state index contributed by atoms with van der Waals surface area (Å²) in [5.41, 5.74) is 3.50. The second-order valence-corrected chi connectivity index (χ2v) is 10.1. The van der Waals surface area contributed by atoms with Gasteiger partial charge in [0.25, 0.3) is 11.8 Å². The average Bonchev–Trinajstić information content (AvgIpc) is 3.54. The molecule has 3 N–H and O–H groups in total. The zero-order chi connectivity index (χ0) is 25.1. The Bertz CT molecular complexity index is 1410.